The van der Waals surface area contributed by atoms with Gasteiger partial charge in [0.1, 0.15) is 12.4 Å². The van der Waals surface area contributed by atoms with Crippen LogP contribution < -0.4 is 10.1 Å². The van der Waals surface area contributed by atoms with E-state index in [0.29, 0.717) is 23.6 Å². The van der Waals surface area contributed by atoms with E-state index in [1.165, 1.54) is 0 Å². The molecule has 0 atom stereocenters. The second-order valence-corrected chi connectivity index (χ2v) is 6.74. The van der Waals surface area contributed by atoms with Gasteiger partial charge in [0, 0.05) is 5.69 Å². The SMILES string of the molecule is Cc1ccc(C)c(NC(=O)COC(=O)c2cccc(OCc3ccccc3)c2)c1. The number of anilines is 1. The standard InChI is InChI=1S/C24H23NO4/c1-17-11-12-18(2)22(13-17)25-23(26)16-29-24(27)20-9-6-10-21(14-20)28-15-19-7-4-3-5-8-19/h3-14H,15-16H2,1-2H3,(H,25,26). The molecule has 0 radical (unpaired) electrons. The summed E-state index contributed by atoms with van der Waals surface area (Å²) >= 11 is 0. The summed E-state index contributed by atoms with van der Waals surface area (Å²) < 4.78 is 10.9. The lowest BCUT2D eigenvalue weighted by Gasteiger charge is -2.10. The highest BCUT2D eigenvalue weighted by molar-refractivity contribution is 5.96. The van der Waals surface area contributed by atoms with E-state index in [4.69, 9.17) is 9.47 Å². The van der Waals surface area contributed by atoms with Gasteiger partial charge in [-0.1, -0.05) is 48.5 Å². The molecular weight excluding hydrogens is 366 g/mol. The molecule has 0 aromatic heterocycles. The lowest BCUT2D eigenvalue weighted by molar-refractivity contribution is -0.119. The quantitative estimate of drug-likeness (QED) is 0.596. The van der Waals surface area contributed by atoms with E-state index in [1.807, 2.05) is 62.4 Å². The Kier molecular flexibility index (Phi) is 6.63. The Hall–Kier alpha value is -3.60. The van der Waals surface area contributed by atoms with Gasteiger partial charge in [-0.3, -0.25) is 4.79 Å². The fourth-order valence-electron chi connectivity index (χ4n) is 2.72. The molecule has 0 spiro atoms. The van der Waals surface area contributed by atoms with Crippen LogP contribution >= 0.6 is 0 Å². The van der Waals surface area contributed by atoms with Crippen molar-refractivity contribution in [2.24, 2.45) is 0 Å². The fourth-order valence-corrected chi connectivity index (χ4v) is 2.72. The molecule has 5 heteroatoms. The molecule has 5 nitrogen and oxygen atoms in total. The van der Waals surface area contributed by atoms with Gasteiger partial charge in [0.25, 0.3) is 5.91 Å². The monoisotopic (exact) mass is 389 g/mol. The van der Waals surface area contributed by atoms with Crippen LogP contribution in [-0.2, 0) is 16.1 Å². The highest BCUT2D eigenvalue weighted by Gasteiger charge is 2.12. The van der Waals surface area contributed by atoms with Gasteiger partial charge in [0.2, 0.25) is 0 Å². The van der Waals surface area contributed by atoms with Crippen molar-refractivity contribution in [2.75, 3.05) is 11.9 Å². The summed E-state index contributed by atoms with van der Waals surface area (Å²) in [5, 5.41) is 2.77. The van der Waals surface area contributed by atoms with Crippen LogP contribution in [0.1, 0.15) is 27.0 Å². The Labute approximate surface area is 170 Å². The lowest BCUT2D eigenvalue weighted by Crippen LogP contribution is -2.21. The number of ether oxygens (including phenoxy) is 2. The van der Waals surface area contributed by atoms with Gasteiger partial charge < -0.3 is 14.8 Å². The maximum atomic E-state index is 12.3. The number of benzene rings is 3. The van der Waals surface area contributed by atoms with Gasteiger partial charge >= 0.3 is 5.97 Å². The average molecular weight is 389 g/mol. The zero-order valence-electron chi connectivity index (χ0n) is 16.5. The summed E-state index contributed by atoms with van der Waals surface area (Å²) in [4.78, 5) is 24.4. The predicted molar refractivity (Wildman–Crippen MR) is 112 cm³/mol. The normalized spacial score (nSPS) is 10.3. The Balaban J connectivity index is 1.53. The maximum Gasteiger partial charge on any atom is 0.338 e. The number of rotatable bonds is 7. The van der Waals surface area contributed by atoms with Gasteiger partial charge in [-0.2, -0.15) is 0 Å². The average Bonchev–Trinajstić information content (AvgIpc) is 2.74. The first kappa shape index (κ1) is 20.1. The number of nitrogens with one attached hydrogen (secondary N) is 1. The molecule has 0 aliphatic heterocycles. The molecule has 3 rings (SSSR count). The Bertz CT molecular complexity index is 999. The first-order valence-electron chi connectivity index (χ1n) is 9.32. The van der Waals surface area contributed by atoms with E-state index in [0.717, 1.165) is 16.7 Å². The van der Waals surface area contributed by atoms with Crippen LogP contribution in [0.2, 0.25) is 0 Å². The summed E-state index contributed by atoms with van der Waals surface area (Å²) in [7, 11) is 0. The van der Waals surface area contributed by atoms with Gasteiger partial charge in [0.05, 0.1) is 5.56 Å². The fraction of sp³-hybridized carbons (Fsp3) is 0.167. The summed E-state index contributed by atoms with van der Waals surface area (Å²) in [6.45, 7) is 3.89. The zero-order chi connectivity index (χ0) is 20.6. The molecule has 0 heterocycles. The van der Waals surface area contributed by atoms with Crippen LogP contribution in [0.15, 0.2) is 72.8 Å². The van der Waals surface area contributed by atoms with Crippen molar-refractivity contribution in [3.8, 4) is 5.75 Å². The molecule has 3 aromatic carbocycles. The lowest BCUT2D eigenvalue weighted by atomic mass is 10.1. The molecule has 3 aromatic rings. The Morgan fingerprint density at radius 2 is 1.69 bits per heavy atom. The molecular formula is C24H23NO4. The smallest absolute Gasteiger partial charge is 0.338 e. The minimum Gasteiger partial charge on any atom is -0.489 e. The number of amides is 1. The first-order valence-corrected chi connectivity index (χ1v) is 9.32. The van der Waals surface area contributed by atoms with E-state index >= 15 is 0 Å². The second kappa shape index (κ2) is 9.55. The minimum atomic E-state index is -0.578. The molecule has 0 saturated carbocycles. The van der Waals surface area contributed by atoms with E-state index in [9.17, 15) is 9.59 Å². The predicted octanol–water partition coefficient (Wildman–Crippen LogP) is 4.68. The third-order valence-electron chi connectivity index (χ3n) is 4.32. The summed E-state index contributed by atoms with van der Waals surface area (Å²) in [5.41, 5.74) is 4.05. The minimum absolute atomic E-state index is 0.329. The van der Waals surface area contributed by atoms with Crippen molar-refractivity contribution in [1.29, 1.82) is 0 Å². The molecule has 0 bridgehead atoms. The van der Waals surface area contributed by atoms with Crippen LogP contribution in [0.25, 0.3) is 0 Å². The van der Waals surface area contributed by atoms with Crippen molar-refractivity contribution in [2.45, 2.75) is 20.5 Å². The van der Waals surface area contributed by atoms with E-state index in [1.54, 1.807) is 24.3 Å². The molecule has 29 heavy (non-hydrogen) atoms. The van der Waals surface area contributed by atoms with E-state index in [2.05, 4.69) is 5.32 Å². The molecule has 0 unspecified atom stereocenters. The molecule has 0 fully saturated rings. The number of esters is 1. The molecule has 0 aliphatic rings. The third kappa shape index (κ3) is 5.94. The van der Waals surface area contributed by atoms with Crippen LogP contribution in [0, 0.1) is 13.8 Å². The number of hydrogen-bond donors (Lipinski definition) is 1. The highest BCUT2D eigenvalue weighted by Crippen LogP contribution is 2.17. The molecule has 148 valence electrons. The topological polar surface area (TPSA) is 64.6 Å². The van der Waals surface area contributed by atoms with E-state index in [-0.39, 0.29) is 12.5 Å². The van der Waals surface area contributed by atoms with Crippen LogP contribution in [0.5, 0.6) is 5.75 Å². The number of carbonyl (C=O) groups is 2. The first-order chi connectivity index (χ1) is 14.0. The number of hydrogen-bond acceptors (Lipinski definition) is 4. The van der Waals surface area contributed by atoms with Gasteiger partial charge in [-0.25, -0.2) is 4.79 Å². The van der Waals surface area contributed by atoms with Gasteiger partial charge in [0.15, 0.2) is 6.61 Å². The zero-order valence-corrected chi connectivity index (χ0v) is 16.5. The van der Waals surface area contributed by atoms with Crippen molar-refractivity contribution in [3.63, 3.8) is 0 Å². The molecule has 1 N–H and O–H groups in total. The summed E-state index contributed by atoms with van der Waals surface area (Å²) in [6, 6.07) is 22.2. The summed E-state index contributed by atoms with van der Waals surface area (Å²) in [6.07, 6.45) is 0. The highest BCUT2D eigenvalue weighted by atomic mass is 16.5. The molecule has 1 amide bonds. The van der Waals surface area contributed by atoms with Crippen molar-refractivity contribution >= 4 is 17.6 Å². The van der Waals surface area contributed by atoms with E-state index < -0.39 is 5.97 Å². The second-order valence-electron chi connectivity index (χ2n) is 6.74. The van der Waals surface area contributed by atoms with Gasteiger partial charge in [-0.15, -0.1) is 0 Å². The largest absolute Gasteiger partial charge is 0.489 e. The Morgan fingerprint density at radius 1 is 0.897 bits per heavy atom. The molecule has 0 aliphatic carbocycles. The van der Waals surface area contributed by atoms with Crippen LogP contribution in [-0.4, -0.2) is 18.5 Å². The number of aryl methyl sites for hydroxylation is 2. The van der Waals surface area contributed by atoms with Crippen molar-refractivity contribution in [1.82, 2.24) is 0 Å². The van der Waals surface area contributed by atoms with Gasteiger partial charge in [-0.05, 0) is 54.8 Å². The van der Waals surface area contributed by atoms with Crippen molar-refractivity contribution < 1.29 is 19.1 Å². The maximum absolute atomic E-state index is 12.3. The third-order valence-corrected chi connectivity index (χ3v) is 4.32. The summed E-state index contributed by atoms with van der Waals surface area (Å²) in [5.74, 6) is -0.405. The molecule has 0 saturated heterocycles. The van der Waals surface area contributed by atoms with Crippen LogP contribution in [0.3, 0.4) is 0 Å². The van der Waals surface area contributed by atoms with Crippen molar-refractivity contribution in [3.05, 3.63) is 95.1 Å². The van der Waals surface area contributed by atoms with Crippen LogP contribution in [0.4, 0.5) is 5.69 Å². The Morgan fingerprint density at radius 3 is 2.48 bits per heavy atom. The number of carbonyl (C=O) groups excluding carboxylic acids is 2.